The Morgan fingerprint density at radius 2 is 1.00 bits per heavy atom. The summed E-state index contributed by atoms with van der Waals surface area (Å²) in [6.07, 6.45) is 3.72. The number of pyridine rings is 2. The molecule has 10 aromatic rings. The van der Waals surface area contributed by atoms with Crippen molar-refractivity contribution in [2.24, 2.45) is 0 Å². The van der Waals surface area contributed by atoms with Gasteiger partial charge in [-0.25, -0.2) is 9.97 Å². The van der Waals surface area contributed by atoms with Crippen LogP contribution in [0.5, 0.6) is 0 Å². The summed E-state index contributed by atoms with van der Waals surface area (Å²) in [4.78, 5) is 14.8. The fraction of sp³-hybridized carbons (Fsp3) is 0. The van der Waals surface area contributed by atoms with Gasteiger partial charge in [-0.3, -0.25) is 9.55 Å². The first-order chi connectivity index (χ1) is 25.8. The second-order valence-electron chi connectivity index (χ2n) is 12.9. The van der Waals surface area contributed by atoms with Gasteiger partial charge < -0.3 is 4.57 Å². The van der Waals surface area contributed by atoms with E-state index in [-0.39, 0.29) is 0 Å². The molecule has 5 heteroatoms. The monoisotopic (exact) mass is 665 g/mol. The van der Waals surface area contributed by atoms with Crippen LogP contribution in [0.4, 0.5) is 0 Å². The smallest absolute Gasteiger partial charge is 0.165 e. The Morgan fingerprint density at radius 1 is 0.385 bits per heavy atom. The highest BCUT2D eigenvalue weighted by Crippen LogP contribution is 2.37. The molecule has 10 rings (SSSR count). The van der Waals surface area contributed by atoms with Crippen molar-refractivity contribution < 1.29 is 0 Å². The Balaban J connectivity index is 1.09. The third-order valence-corrected chi connectivity index (χ3v) is 9.88. The minimum absolute atomic E-state index is 0.815. The second kappa shape index (κ2) is 12.3. The molecule has 0 spiro atoms. The Bertz CT molecular complexity index is 2820. The molecule has 4 aromatic heterocycles. The topological polar surface area (TPSA) is 48.5 Å². The summed E-state index contributed by atoms with van der Waals surface area (Å²) in [7, 11) is 0. The van der Waals surface area contributed by atoms with E-state index in [0.29, 0.717) is 0 Å². The van der Waals surface area contributed by atoms with Crippen LogP contribution in [0.25, 0.3) is 89.2 Å². The maximum absolute atomic E-state index is 5.36. The number of nitrogens with zero attached hydrogens (tertiary/aromatic N) is 5. The molecule has 0 aliphatic carbocycles. The molecule has 0 N–H and O–H groups in total. The highest BCUT2D eigenvalue weighted by Gasteiger charge is 2.20. The minimum atomic E-state index is 0.815. The minimum Gasteiger partial charge on any atom is -0.309 e. The van der Waals surface area contributed by atoms with Crippen molar-refractivity contribution in [3.05, 3.63) is 188 Å². The van der Waals surface area contributed by atoms with E-state index >= 15 is 0 Å². The van der Waals surface area contributed by atoms with Gasteiger partial charge in [0.2, 0.25) is 0 Å². The maximum Gasteiger partial charge on any atom is 0.165 e. The third-order valence-electron chi connectivity index (χ3n) is 9.88. The number of aromatic nitrogens is 5. The van der Waals surface area contributed by atoms with Gasteiger partial charge in [0.1, 0.15) is 11.3 Å². The highest BCUT2D eigenvalue weighted by atomic mass is 15.1. The molecule has 0 unspecified atom stereocenters. The van der Waals surface area contributed by atoms with Crippen LogP contribution in [0, 0.1) is 0 Å². The maximum atomic E-state index is 5.36. The van der Waals surface area contributed by atoms with Crippen molar-refractivity contribution in [3.63, 3.8) is 0 Å². The fourth-order valence-corrected chi connectivity index (χ4v) is 7.41. The van der Waals surface area contributed by atoms with E-state index in [2.05, 4.69) is 166 Å². The van der Waals surface area contributed by atoms with E-state index in [1.807, 2.05) is 36.7 Å². The molecule has 0 aliphatic heterocycles. The Morgan fingerprint density at radius 3 is 1.69 bits per heavy atom. The number of rotatable bonds is 6. The standard InChI is InChI=1S/C47H31N5/c1-2-12-37(13-3-1)52-46(35-26-22-33(23-27-35)32-20-24-34(25-21-32)42-17-8-9-29-48-42)50-45-39(28-30-49-47(45)52)36-11-10-14-38(31-36)51-43-18-6-4-15-40(43)41-16-5-7-19-44(41)51/h1-31H. The molecule has 4 heterocycles. The van der Waals surface area contributed by atoms with Crippen molar-refractivity contribution in [1.82, 2.24) is 24.1 Å². The van der Waals surface area contributed by atoms with Crippen molar-refractivity contribution in [1.29, 1.82) is 0 Å². The van der Waals surface area contributed by atoms with Crippen LogP contribution in [0.15, 0.2) is 188 Å². The van der Waals surface area contributed by atoms with Gasteiger partial charge in [-0.2, -0.15) is 0 Å². The molecule has 0 atom stereocenters. The van der Waals surface area contributed by atoms with Crippen LogP contribution in [-0.2, 0) is 0 Å². The molecule has 5 nitrogen and oxygen atoms in total. The average Bonchev–Trinajstić information content (AvgIpc) is 3.78. The van der Waals surface area contributed by atoms with Crippen molar-refractivity contribution in [2.45, 2.75) is 0 Å². The summed E-state index contributed by atoms with van der Waals surface area (Å²) in [5.74, 6) is 0.844. The van der Waals surface area contributed by atoms with Gasteiger partial charge in [0.05, 0.1) is 16.7 Å². The van der Waals surface area contributed by atoms with E-state index < -0.39 is 0 Å². The largest absolute Gasteiger partial charge is 0.309 e. The first-order valence-electron chi connectivity index (χ1n) is 17.4. The van der Waals surface area contributed by atoms with Gasteiger partial charge in [-0.15, -0.1) is 0 Å². The summed E-state index contributed by atoms with van der Waals surface area (Å²) >= 11 is 0. The second-order valence-corrected chi connectivity index (χ2v) is 12.9. The van der Waals surface area contributed by atoms with Gasteiger partial charge in [0.15, 0.2) is 5.65 Å². The van der Waals surface area contributed by atoms with Gasteiger partial charge >= 0.3 is 0 Å². The van der Waals surface area contributed by atoms with Crippen LogP contribution in [0.1, 0.15) is 0 Å². The Hall–Kier alpha value is -7.11. The quantitative estimate of drug-likeness (QED) is 0.178. The first kappa shape index (κ1) is 29.8. The Kier molecular flexibility index (Phi) is 7.07. The number of hydrogen-bond acceptors (Lipinski definition) is 3. The van der Waals surface area contributed by atoms with E-state index in [1.54, 1.807) is 0 Å². The summed E-state index contributed by atoms with van der Waals surface area (Å²) < 4.78 is 4.53. The molecule has 244 valence electrons. The van der Waals surface area contributed by atoms with Gasteiger partial charge in [0.25, 0.3) is 0 Å². The zero-order valence-electron chi connectivity index (χ0n) is 28.1. The number of fused-ring (bicyclic) bond motifs is 4. The molecule has 0 radical (unpaired) electrons. The lowest BCUT2D eigenvalue weighted by molar-refractivity contribution is 1.08. The third kappa shape index (κ3) is 4.98. The molecule has 52 heavy (non-hydrogen) atoms. The SMILES string of the molecule is c1ccc(-n2c(-c3ccc(-c4ccc(-c5ccccn5)cc4)cc3)nc3c(-c4cccc(-n5c6ccccc6c6ccccc65)c4)ccnc32)cc1. The van der Waals surface area contributed by atoms with Crippen LogP contribution >= 0.6 is 0 Å². The van der Waals surface area contributed by atoms with E-state index in [4.69, 9.17) is 9.97 Å². The summed E-state index contributed by atoms with van der Waals surface area (Å²) in [6, 6.07) is 61.7. The lowest BCUT2D eigenvalue weighted by atomic mass is 10.0. The van der Waals surface area contributed by atoms with Gasteiger partial charge in [-0.05, 0) is 71.3 Å². The molecular formula is C47H31N5. The van der Waals surface area contributed by atoms with Crippen LogP contribution in [-0.4, -0.2) is 24.1 Å². The number of imidazole rings is 1. The molecule has 0 fully saturated rings. The average molecular weight is 666 g/mol. The van der Waals surface area contributed by atoms with Gasteiger partial charge in [0, 0.05) is 51.2 Å². The highest BCUT2D eigenvalue weighted by molar-refractivity contribution is 6.09. The molecule has 0 aliphatic rings. The van der Waals surface area contributed by atoms with Crippen LogP contribution in [0.2, 0.25) is 0 Å². The number of benzene rings is 6. The molecule has 6 aromatic carbocycles. The number of hydrogen-bond donors (Lipinski definition) is 0. The van der Waals surface area contributed by atoms with Crippen molar-refractivity contribution in [2.75, 3.05) is 0 Å². The molecule has 0 bridgehead atoms. The molecule has 0 saturated heterocycles. The van der Waals surface area contributed by atoms with E-state index in [9.17, 15) is 0 Å². The van der Waals surface area contributed by atoms with Crippen molar-refractivity contribution in [3.8, 4) is 56.3 Å². The van der Waals surface area contributed by atoms with Crippen LogP contribution < -0.4 is 0 Å². The number of para-hydroxylation sites is 3. The van der Waals surface area contributed by atoms with E-state index in [1.165, 1.54) is 21.8 Å². The molecule has 0 amide bonds. The predicted octanol–water partition coefficient (Wildman–Crippen LogP) is 11.6. The predicted molar refractivity (Wildman–Crippen MR) is 213 cm³/mol. The lowest BCUT2D eigenvalue weighted by Gasteiger charge is -2.11. The van der Waals surface area contributed by atoms with Crippen LogP contribution in [0.3, 0.4) is 0 Å². The lowest BCUT2D eigenvalue weighted by Crippen LogP contribution is -1.98. The summed E-state index contributed by atoms with van der Waals surface area (Å²) in [5.41, 5.74) is 13.6. The summed E-state index contributed by atoms with van der Waals surface area (Å²) in [6.45, 7) is 0. The first-order valence-corrected chi connectivity index (χ1v) is 17.4. The summed E-state index contributed by atoms with van der Waals surface area (Å²) in [5, 5.41) is 2.49. The zero-order valence-corrected chi connectivity index (χ0v) is 28.1. The zero-order chi connectivity index (χ0) is 34.4. The van der Waals surface area contributed by atoms with Gasteiger partial charge in [-0.1, -0.05) is 121 Å². The normalized spacial score (nSPS) is 11.5. The van der Waals surface area contributed by atoms with Crippen molar-refractivity contribution >= 4 is 33.0 Å². The molecular weight excluding hydrogens is 635 g/mol. The van der Waals surface area contributed by atoms with E-state index in [0.717, 1.165) is 67.4 Å². The molecule has 0 saturated carbocycles. The fourth-order valence-electron chi connectivity index (χ4n) is 7.41. The Labute approximate surface area is 300 Å².